The molecule has 0 saturated carbocycles. The van der Waals surface area contributed by atoms with Crippen LogP contribution in [-0.4, -0.2) is 48.3 Å². The zero-order chi connectivity index (χ0) is 20.8. The molecule has 0 aliphatic carbocycles. The van der Waals surface area contributed by atoms with E-state index >= 15 is 0 Å². The van der Waals surface area contributed by atoms with E-state index in [2.05, 4.69) is 10.7 Å². The zero-order valence-electron chi connectivity index (χ0n) is 16.2. The summed E-state index contributed by atoms with van der Waals surface area (Å²) in [6.07, 6.45) is 3.02. The summed E-state index contributed by atoms with van der Waals surface area (Å²) in [7, 11) is -3.59. The van der Waals surface area contributed by atoms with Gasteiger partial charge in [-0.3, -0.25) is 15.0 Å². The molecule has 1 heterocycles. The van der Waals surface area contributed by atoms with Crippen LogP contribution in [-0.2, 0) is 25.8 Å². The first-order chi connectivity index (χ1) is 13.2. The fourth-order valence-electron chi connectivity index (χ4n) is 3.00. The number of hydrazine groups is 1. The summed E-state index contributed by atoms with van der Waals surface area (Å²) < 4.78 is 23.9. The lowest BCUT2D eigenvalue weighted by Gasteiger charge is -2.21. The monoisotopic (exact) mass is 409 g/mol. The Morgan fingerprint density at radius 3 is 2.50 bits per heavy atom. The third-order valence-corrected chi connectivity index (χ3v) is 6.28. The average molecular weight is 410 g/mol. The van der Waals surface area contributed by atoms with Crippen molar-refractivity contribution in [3.05, 3.63) is 35.9 Å². The minimum atomic E-state index is -3.59. The fraction of sp³-hybridized carbons (Fsp3) is 0.526. The second kappa shape index (κ2) is 9.18. The van der Waals surface area contributed by atoms with Crippen LogP contribution in [0.2, 0.25) is 0 Å². The van der Waals surface area contributed by atoms with Crippen LogP contribution in [0.5, 0.6) is 0 Å². The molecule has 0 radical (unpaired) electrons. The molecule has 1 aromatic rings. The molecule has 1 fully saturated rings. The Hall–Kier alpha value is -2.42. The molecule has 1 unspecified atom stereocenters. The number of urea groups is 1. The van der Waals surface area contributed by atoms with Gasteiger partial charge >= 0.3 is 6.03 Å². The molecule has 8 nitrogen and oxygen atoms in total. The van der Waals surface area contributed by atoms with E-state index < -0.39 is 39.0 Å². The van der Waals surface area contributed by atoms with Crippen molar-refractivity contribution < 1.29 is 22.8 Å². The largest absolute Gasteiger partial charge is 0.344 e. The molecule has 0 bridgehead atoms. The number of imide groups is 1. The number of sulfone groups is 1. The molecular weight excluding hydrogens is 382 g/mol. The van der Waals surface area contributed by atoms with Crippen molar-refractivity contribution in [1.29, 1.82) is 0 Å². The topological polar surface area (TPSA) is 113 Å². The third kappa shape index (κ3) is 5.79. The first-order valence-electron chi connectivity index (χ1n) is 9.37. The molecule has 154 valence electrons. The minimum Gasteiger partial charge on any atom is -0.322 e. The number of carbonyl (C=O) groups excluding carboxylic acids is 3. The molecule has 0 spiro atoms. The second-order valence-corrected chi connectivity index (χ2v) is 9.41. The van der Waals surface area contributed by atoms with Crippen LogP contribution in [0, 0.1) is 0 Å². The Morgan fingerprint density at radius 1 is 1.18 bits per heavy atom. The standard InChI is InChI=1S/C19H27N3O5S/c1-3-4-8-13-28(26,27)14-16(23)21-22-17(24)19(2,20-18(22)25)12-11-15-9-6-5-7-10-15/h5-7,9-10H,3-4,8,11-14H2,1-2H3,(H,20,25)(H,21,23). The number of rotatable bonds is 10. The molecule has 1 aromatic carbocycles. The SMILES string of the molecule is CCCCCS(=O)(=O)CC(=O)NN1C(=O)NC(C)(CCc2ccccc2)C1=O. The Bertz CT molecular complexity index is 825. The van der Waals surface area contributed by atoms with Crippen molar-refractivity contribution in [2.45, 2.75) is 51.5 Å². The van der Waals surface area contributed by atoms with Gasteiger partial charge in [0, 0.05) is 0 Å². The molecule has 1 saturated heterocycles. The second-order valence-electron chi connectivity index (χ2n) is 7.22. The van der Waals surface area contributed by atoms with E-state index in [9.17, 15) is 22.8 Å². The predicted octanol–water partition coefficient (Wildman–Crippen LogP) is 1.57. The smallest absolute Gasteiger partial charge is 0.322 e. The molecule has 2 N–H and O–H groups in total. The highest BCUT2D eigenvalue weighted by Gasteiger charge is 2.48. The van der Waals surface area contributed by atoms with Gasteiger partial charge in [-0.05, 0) is 31.7 Å². The lowest BCUT2D eigenvalue weighted by atomic mass is 9.93. The van der Waals surface area contributed by atoms with Gasteiger partial charge in [-0.1, -0.05) is 50.1 Å². The number of amides is 4. The van der Waals surface area contributed by atoms with Gasteiger partial charge in [0.25, 0.3) is 11.8 Å². The van der Waals surface area contributed by atoms with Gasteiger partial charge < -0.3 is 5.32 Å². The van der Waals surface area contributed by atoms with Crippen molar-refractivity contribution >= 4 is 27.7 Å². The van der Waals surface area contributed by atoms with E-state index in [1.165, 1.54) is 0 Å². The molecule has 4 amide bonds. The van der Waals surface area contributed by atoms with Crippen molar-refractivity contribution in [3.63, 3.8) is 0 Å². The number of hydrogen-bond acceptors (Lipinski definition) is 5. The lowest BCUT2D eigenvalue weighted by molar-refractivity contribution is -0.138. The number of hydrogen-bond donors (Lipinski definition) is 2. The summed E-state index contributed by atoms with van der Waals surface area (Å²) in [5.74, 6) is -2.35. The normalized spacial score (nSPS) is 19.6. The first-order valence-corrected chi connectivity index (χ1v) is 11.2. The summed E-state index contributed by atoms with van der Waals surface area (Å²) in [6, 6.07) is 8.75. The van der Waals surface area contributed by atoms with Crippen LogP contribution < -0.4 is 10.7 Å². The molecule has 1 aliphatic heterocycles. The van der Waals surface area contributed by atoms with Gasteiger partial charge in [0.15, 0.2) is 9.84 Å². The maximum absolute atomic E-state index is 12.6. The van der Waals surface area contributed by atoms with Gasteiger partial charge in [-0.25, -0.2) is 13.2 Å². The third-order valence-electron chi connectivity index (χ3n) is 4.66. The molecule has 1 atom stereocenters. The van der Waals surface area contributed by atoms with Gasteiger partial charge in [-0.15, -0.1) is 0 Å². The summed E-state index contributed by atoms with van der Waals surface area (Å²) in [4.78, 5) is 36.9. The van der Waals surface area contributed by atoms with Crippen LogP contribution in [0.3, 0.4) is 0 Å². The molecule has 1 aliphatic rings. The van der Waals surface area contributed by atoms with Crippen molar-refractivity contribution in [2.75, 3.05) is 11.5 Å². The highest BCUT2D eigenvalue weighted by atomic mass is 32.2. The summed E-state index contributed by atoms with van der Waals surface area (Å²) in [5, 5.41) is 3.16. The molecule has 9 heteroatoms. The number of nitrogens with one attached hydrogen (secondary N) is 2. The fourth-order valence-corrected chi connectivity index (χ4v) is 4.25. The highest BCUT2D eigenvalue weighted by Crippen LogP contribution is 2.22. The Balaban J connectivity index is 1.94. The van der Waals surface area contributed by atoms with Crippen molar-refractivity contribution in [2.24, 2.45) is 0 Å². The maximum Gasteiger partial charge on any atom is 0.344 e. The average Bonchev–Trinajstić information content (AvgIpc) is 2.84. The molecule has 2 rings (SSSR count). The van der Waals surface area contributed by atoms with Gasteiger partial charge in [0.2, 0.25) is 0 Å². The van der Waals surface area contributed by atoms with Crippen LogP contribution in [0.25, 0.3) is 0 Å². The van der Waals surface area contributed by atoms with Gasteiger partial charge in [0.1, 0.15) is 11.3 Å². The Kier molecular flexibility index (Phi) is 7.17. The number of unbranched alkanes of at least 4 members (excludes halogenated alkanes) is 2. The van der Waals surface area contributed by atoms with E-state index in [0.29, 0.717) is 24.3 Å². The van der Waals surface area contributed by atoms with E-state index in [1.54, 1.807) is 6.92 Å². The molecular formula is C19H27N3O5S. The van der Waals surface area contributed by atoms with Crippen LogP contribution >= 0.6 is 0 Å². The summed E-state index contributed by atoms with van der Waals surface area (Å²) in [5.41, 5.74) is 1.99. The zero-order valence-corrected chi connectivity index (χ0v) is 17.0. The Morgan fingerprint density at radius 2 is 1.86 bits per heavy atom. The minimum absolute atomic E-state index is 0.0941. The number of nitrogens with zero attached hydrogens (tertiary/aromatic N) is 1. The Labute approximate surface area is 165 Å². The summed E-state index contributed by atoms with van der Waals surface area (Å²) >= 11 is 0. The van der Waals surface area contributed by atoms with Crippen LogP contribution in [0.4, 0.5) is 4.79 Å². The predicted molar refractivity (Wildman–Crippen MR) is 105 cm³/mol. The van der Waals surface area contributed by atoms with Gasteiger partial charge in [0.05, 0.1) is 5.75 Å². The van der Waals surface area contributed by atoms with Crippen molar-refractivity contribution in [3.8, 4) is 0 Å². The molecule has 0 aromatic heterocycles. The van der Waals surface area contributed by atoms with Crippen LogP contribution in [0.1, 0.15) is 45.1 Å². The van der Waals surface area contributed by atoms with E-state index in [4.69, 9.17) is 0 Å². The quantitative estimate of drug-likeness (QED) is 0.450. The van der Waals surface area contributed by atoms with E-state index in [1.807, 2.05) is 37.3 Å². The maximum atomic E-state index is 12.6. The number of benzene rings is 1. The first kappa shape index (κ1) is 21.9. The van der Waals surface area contributed by atoms with Gasteiger partial charge in [-0.2, -0.15) is 5.01 Å². The van der Waals surface area contributed by atoms with Crippen LogP contribution in [0.15, 0.2) is 30.3 Å². The van der Waals surface area contributed by atoms with E-state index in [-0.39, 0.29) is 5.75 Å². The number of aryl methyl sites for hydroxylation is 1. The lowest BCUT2D eigenvalue weighted by Crippen LogP contribution is -2.50. The summed E-state index contributed by atoms with van der Waals surface area (Å²) in [6.45, 7) is 3.54. The molecule has 28 heavy (non-hydrogen) atoms. The highest BCUT2D eigenvalue weighted by molar-refractivity contribution is 7.92. The van der Waals surface area contributed by atoms with Crippen molar-refractivity contribution in [1.82, 2.24) is 15.8 Å². The van der Waals surface area contributed by atoms with E-state index in [0.717, 1.165) is 18.4 Å². The number of carbonyl (C=O) groups is 3.